The summed E-state index contributed by atoms with van der Waals surface area (Å²) in [7, 11) is 0. The van der Waals surface area contributed by atoms with E-state index in [1.807, 2.05) is 24.3 Å². The van der Waals surface area contributed by atoms with Gasteiger partial charge in [-0.2, -0.15) is 0 Å². The zero-order valence-electron chi connectivity index (χ0n) is 12.1. The molecule has 0 saturated carbocycles. The molecule has 0 saturated heterocycles. The maximum Gasteiger partial charge on any atom is 0.226 e. The molecule has 1 aromatic carbocycles. The van der Waals surface area contributed by atoms with Gasteiger partial charge in [0.2, 0.25) is 5.89 Å². The number of aliphatic hydroxyl groups excluding tert-OH is 1. The number of aliphatic hydroxyl groups is 1. The first kappa shape index (κ1) is 14.8. The van der Waals surface area contributed by atoms with Crippen LogP contribution in [0.5, 0.6) is 0 Å². The smallest absolute Gasteiger partial charge is 0.226 e. The summed E-state index contributed by atoms with van der Waals surface area (Å²) in [5.41, 5.74) is 3.10. The molecule has 0 aliphatic rings. The summed E-state index contributed by atoms with van der Waals surface area (Å²) in [5.74, 6) is 0.650. The Kier molecular flexibility index (Phi) is 5.32. The van der Waals surface area contributed by atoms with Crippen molar-refractivity contribution in [2.45, 2.75) is 39.3 Å². The fraction of sp³-hybridized carbons (Fsp3) is 0.438. The SMILES string of the molecule is CCC(CCO)NCc1coc(-c2ccc(C)cc2)n1. The van der Waals surface area contributed by atoms with E-state index in [0.717, 1.165) is 24.1 Å². The molecule has 2 aromatic rings. The lowest BCUT2D eigenvalue weighted by Gasteiger charge is -2.14. The van der Waals surface area contributed by atoms with Crippen LogP contribution in [0.15, 0.2) is 34.9 Å². The molecule has 1 atom stereocenters. The van der Waals surface area contributed by atoms with Gasteiger partial charge in [0.1, 0.15) is 6.26 Å². The molecule has 0 amide bonds. The van der Waals surface area contributed by atoms with Gasteiger partial charge in [0.25, 0.3) is 0 Å². The molecule has 0 aliphatic carbocycles. The number of aryl methyl sites for hydroxylation is 1. The van der Waals surface area contributed by atoms with Gasteiger partial charge in [-0.25, -0.2) is 4.98 Å². The van der Waals surface area contributed by atoms with Gasteiger partial charge in [-0.05, 0) is 31.9 Å². The minimum absolute atomic E-state index is 0.207. The van der Waals surface area contributed by atoms with Gasteiger partial charge in [0.05, 0.1) is 5.69 Å². The summed E-state index contributed by atoms with van der Waals surface area (Å²) in [5, 5.41) is 12.3. The first-order chi connectivity index (χ1) is 9.72. The number of oxazole rings is 1. The predicted molar refractivity (Wildman–Crippen MR) is 79.3 cm³/mol. The van der Waals surface area contributed by atoms with Crippen molar-refractivity contribution in [3.8, 4) is 11.5 Å². The van der Waals surface area contributed by atoms with Crippen LogP contribution < -0.4 is 5.32 Å². The number of nitrogens with zero attached hydrogens (tertiary/aromatic N) is 1. The van der Waals surface area contributed by atoms with E-state index in [9.17, 15) is 0 Å². The van der Waals surface area contributed by atoms with E-state index in [4.69, 9.17) is 9.52 Å². The fourth-order valence-electron chi connectivity index (χ4n) is 2.07. The summed E-state index contributed by atoms with van der Waals surface area (Å²) < 4.78 is 5.52. The zero-order valence-corrected chi connectivity index (χ0v) is 12.1. The second-order valence-corrected chi connectivity index (χ2v) is 5.01. The maximum atomic E-state index is 8.97. The highest BCUT2D eigenvalue weighted by Crippen LogP contribution is 2.19. The predicted octanol–water partition coefficient (Wildman–Crippen LogP) is 2.90. The molecular formula is C16H22N2O2. The van der Waals surface area contributed by atoms with Crippen molar-refractivity contribution in [3.05, 3.63) is 41.8 Å². The molecule has 2 rings (SSSR count). The van der Waals surface area contributed by atoms with Gasteiger partial charge >= 0.3 is 0 Å². The van der Waals surface area contributed by atoms with E-state index in [1.165, 1.54) is 5.56 Å². The van der Waals surface area contributed by atoms with Crippen LogP contribution in [-0.2, 0) is 6.54 Å². The summed E-state index contributed by atoms with van der Waals surface area (Å²) in [6.45, 7) is 5.03. The Morgan fingerprint density at radius 2 is 2.05 bits per heavy atom. The molecule has 0 spiro atoms. The molecule has 4 nitrogen and oxygen atoms in total. The van der Waals surface area contributed by atoms with E-state index >= 15 is 0 Å². The van der Waals surface area contributed by atoms with Crippen molar-refractivity contribution in [2.24, 2.45) is 0 Å². The first-order valence-electron chi connectivity index (χ1n) is 7.08. The van der Waals surface area contributed by atoms with Crippen molar-refractivity contribution in [1.82, 2.24) is 10.3 Å². The standard InChI is InChI=1S/C16H22N2O2/c1-3-14(8-9-19)17-10-15-11-20-16(18-15)13-6-4-12(2)5-7-13/h4-7,11,14,17,19H,3,8-10H2,1-2H3. The lowest BCUT2D eigenvalue weighted by Crippen LogP contribution is -2.28. The third-order valence-electron chi connectivity index (χ3n) is 3.39. The minimum Gasteiger partial charge on any atom is -0.444 e. The van der Waals surface area contributed by atoms with Gasteiger partial charge in [0.15, 0.2) is 0 Å². The molecular weight excluding hydrogens is 252 g/mol. The molecule has 0 bridgehead atoms. The average Bonchev–Trinajstić information content (AvgIpc) is 2.93. The monoisotopic (exact) mass is 274 g/mol. The second-order valence-electron chi connectivity index (χ2n) is 5.01. The molecule has 1 unspecified atom stereocenters. The highest BCUT2D eigenvalue weighted by molar-refractivity contribution is 5.53. The van der Waals surface area contributed by atoms with Crippen molar-refractivity contribution >= 4 is 0 Å². The highest BCUT2D eigenvalue weighted by atomic mass is 16.3. The first-order valence-corrected chi connectivity index (χ1v) is 7.08. The number of nitrogens with one attached hydrogen (secondary N) is 1. The molecule has 20 heavy (non-hydrogen) atoms. The summed E-state index contributed by atoms with van der Waals surface area (Å²) in [6, 6.07) is 8.44. The van der Waals surface area contributed by atoms with Crippen LogP contribution in [0.2, 0.25) is 0 Å². The van der Waals surface area contributed by atoms with Crippen molar-refractivity contribution in [3.63, 3.8) is 0 Å². The molecule has 1 heterocycles. The van der Waals surface area contributed by atoms with Gasteiger partial charge in [-0.1, -0.05) is 24.6 Å². The maximum absolute atomic E-state index is 8.97. The van der Waals surface area contributed by atoms with Crippen LogP contribution in [0.3, 0.4) is 0 Å². The fourth-order valence-corrected chi connectivity index (χ4v) is 2.07. The largest absolute Gasteiger partial charge is 0.444 e. The molecule has 4 heteroatoms. The van der Waals surface area contributed by atoms with Gasteiger partial charge in [-0.15, -0.1) is 0 Å². The van der Waals surface area contributed by atoms with Gasteiger partial charge < -0.3 is 14.8 Å². The number of hydrogen-bond acceptors (Lipinski definition) is 4. The summed E-state index contributed by atoms with van der Waals surface area (Å²) in [6.07, 6.45) is 3.44. The Morgan fingerprint density at radius 3 is 2.70 bits per heavy atom. The van der Waals surface area contributed by atoms with Crippen LogP contribution in [0.4, 0.5) is 0 Å². The Hall–Kier alpha value is -1.65. The minimum atomic E-state index is 0.207. The Bertz CT molecular complexity index is 520. The van der Waals surface area contributed by atoms with Gasteiger partial charge in [-0.3, -0.25) is 0 Å². The Labute approximate surface area is 119 Å². The highest BCUT2D eigenvalue weighted by Gasteiger charge is 2.09. The quantitative estimate of drug-likeness (QED) is 0.815. The van der Waals surface area contributed by atoms with Crippen molar-refractivity contribution in [1.29, 1.82) is 0 Å². The molecule has 0 radical (unpaired) electrons. The van der Waals surface area contributed by atoms with E-state index in [2.05, 4.69) is 24.1 Å². The number of rotatable bonds is 7. The summed E-state index contributed by atoms with van der Waals surface area (Å²) in [4.78, 5) is 4.48. The lowest BCUT2D eigenvalue weighted by atomic mass is 10.1. The average molecular weight is 274 g/mol. The summed E-state index contributed by atoms with van der Waals surface area (Å²) >= 11 is 0. The molecule has 0 aliphatic heterocycles. The van der Waals surface area contributed by atoms with E-state index in [-0.39, 0.29) is 6.61 Å². The third-order valence-corrected chi connectivity index (χ3v) is 3.39. The Balaban J connectivity index is 1.96. The molecule has 108 valence electrons. The molecule has 0 fully saturated rings. The van der Waals surface area contributed by atoms with Crippen LogP contribution in [-0.4, -0.2) is 22.7 Å². The van der Waals surface area contributed by atoms with E-state index in [0.29, 0.717) is 18.5 Å². The third kappa shape index (κ3) is 3.92. The van der Waals surface area contributed by atoms with E-state index in [1.54, 1.807) is 6.26 Å². The Morgan fingerprint density at radius 1 is 1.30 bits per heavy atom. The van der Waals surface area contributed by atoms with Crippen molar-refractivity contribution < 1.29 is 9.52 Å². The molecule has 2 N–H and O–H groups in total. The normalized spacial score (nSPS) is 12.6. The van der Waals surface area contributed by atoms with Crippen molar-refractivity contribution in [2.75, 3.05) is 6.61 Å². The van der Waals surface area contributed by atoms with Gasteiger partial charge in [0, 0.05) is 24.8 Å². The number of benzene rings is 1. The van der Waals surface area contributed by atoms with Crippen LogP contribution in [0, 0.1) is 6.92 Å². The van der Waals surface area contributed by atoms with Crippen LogP contribution in [0.25, 0.3) is 11.5 Å². The molecule has 1 aromatic heterocycles. The van der Waals surface area contributed by atoms with Crippen LogP contribution in [0.1, 0.15) is 31.0 Å². The van der Waals surface area contributed by atoms with E-state index < -0.39 is 0 Å². The zero-order chi connectivity index (χ0) is 14.4. The number of aromatic nitrogens is 1. The topological polar surface area (TPSA) is 58.3 Å². The van der Waals surface area contributed by atoms with Crippen LogP contribution >= 0.6 is 0 Å². The second kappa shape index (κ2) is 7.22. The lowest BCUT2D eigenvalue weighted by molar-refractivity contribution is 0.261. The number of hydrogen-bond donors (Lipinski definition) is 2.